The fraction of sp³-hybridized carbons (Fsp3) is 0.457. The Hall–Kier alpha value is -3.66. The minimum absolute atomic E-state index is 0.166. The summed E-state index contributed by atoms with van der Waals surface area (Å²) in [4.78, 5) is 48.5. The third-order valence-corrected chi connectivity index (χ3v) is 9.58. The highest BCUT2D eigenvalue weighted by molar-refractivity contribution is 6.30. The second kappa shape index (κ2) is 13.4. The van der Waals surface area contributed by atoms with Crippen molar-refractivity contribution in [2.24, 2.45) is 17.8 Å². The number of nitrogens with zero attached hydrogens (tertiary/aromatic N) is 3. The molecule has 2 aromatic rings. The number of rotatable bonds is 13. The van der Waals surface area contributed by atoms with Gasteiger partial charge in [0.25, 0.3) is 5.91 Å². The summed E-state index contributed by atoms with van der Waals surface area (Å²) in [6, 6.07) is 12.4. The van der Waals surface area contributed by atoms with E-state index in [1.165, 1.54) is 4.90 Å². The van der Waals surface area contributed by atoms with Crippen LogP contribution in [0.2, 0.25) is 5.02 Å². The number of carbonyl (C=O) groups is 3. The summed E-state index contributed by atoms with van der Waals surface area (Å²) in [5, 5.41) is 11.1. The van der Waals surface area contributed by atoms with Gasteiger partial charge in [0.15, 0.2) is 0 Å². The predicted octanol–water partition coefficient (Wildman–Crippen LogP) is 4.87. The Bertz CT molecular complexity index is 1430. The van der Waals surface area contributed by atoms with E-state index in [-0.39, 0.29) is 43.3 Å². The van der Waals surface area contributed by atoms with Crippen molar-refractivity contribution < 1.29 is 29.0 Å². The van der Waals surface area contributed by atoms with Crippen molar-refractivity contribution in [3.8, 4) is 5.75 Å². The molecule has 3 fully saturated rings. The second-order valence-electron chi connectivity index (χ2n) is 12.2. The molecule has 1 spiro atoms. The van der Waals surface area contributed by atoms with E-state index in [1.807, 2.05) is 32.9 Å². The van der Waals surface area contributed by atoms with E-state index in [9.17, 15) is 19.5 Å². The Morgan fingerprint density at radius 3 is 2.18 bits per heavy atom. The predicted molar refractivity (Wildman–Crippen MR) is 174 cm³/mol. The van der Waals surface area contributed by atoms with Crippen LogP contribution in [0.15, 0.2) is 73.8 Å². The molecule has 240 valence electrons. The Labute approximate surface area is 270 Å². The van der Waals surface area contributed by atoms with Crippen LogP contribution in [0.25, 0.3) is 0 Å². The summed E-state index contributed by atoms with van der Waals surface area (Å²) in [5.74, 6) is -2.14. The molecule has 0 radical (unpaired) electrons. The van der Waals surface area contributed by atoms with Crippen molar-refractivity contribution in [1.29, 1.82) is 0 Å². The zero-order valence-electron chi connectivity index (χ0n) is 26.1. The summed E-state index contributed by atoms with van der Waals surface area (Å²) in [6.45, 7) is 14.0. The maximum absolute atomic E-state index is 14.7. The van der Waals surface area contributed by atoms with Crippen molar-refractivity contribution in [2.45, 2.75) is 57.4 Å². The van der Waals surface area contributed by atoms with E-state index in [4.69, 9.17) is 21.1 Å². The highest BCUT2D eigenvalue weighted by Gasteiger charge is 2.75. The van der Waals surface area contributed by atoms with E-state index >= 15 is 0 Å². The zero-order chi connectivity index (χ0) is 32.5. The fourth-order valence-corrected chi connectivity index (χ4v) is 7.50. The summed E-state index contributed by atoms with van der Waals surface area (Å²) in [5.41, 5.74) is 0.00584. The highest BCUT2D eigenvalue weighted by atomic mass is 35.5. The fourth-order valence-electron chi connectivity index (χ4n) is 7.37. The van der Waals surface area contributed by atoms with Crippen LogP contribution in [-0.4, -0.2) is 77.8 Å². The molecule has 3 saturated heterocycles. The molecule has 0 aromatic heterocycles. The molecule has 6 atom stereocenters. The van der Waals surface area contributed by atoms with Crippen LogP contribution in [0, 0.1) is 17.8 Å². The molecule has 3 amide bonds. The minimum Gasteiger partial charge on any atom is -0.494 e. The number of aliphatic hydroxyl groups is 1. The number of ether oxygens (including phenoxy) is 2. The molecule has 2 bridgehead atoms. The average molecular weight is 636 g/mol. The van der Waals surface area contributed by atoms with Crippen molar-refractivity contribution in [3.05, 3.63) is 78.9 Å². The van der Waals surface area contributed by atoms with Gasteiger partial charge in [0, 0.05) is 29.5 Å². The largest absolute Gasteiger partial charge is 0.494 e. The number of carbonyl (C=O) groups excluding carboxylic acids is 3. The van der Waals surface area contributed by atoms with Crippen molar-refractivity contribution >= 4 is 40.7 Å². The zero-order valence-corrected chi connectivity index (χ0v) is 26.9. The lowest BCUT2D eigenvalue weighted by atomic mass is 9.70. The van der Waals surface area contributed by atoms with Crippen LogP contribution in [-0.2, 0) is 19.1 Å². The van der Waals surface area contributed by atoms with E-state index in [2.05, 4.69) is 13.2 Å². The molecule has 3 aliphatic heterocycles. The number of benzene rings is 2. The van der Waals surface area contributed by atoms with Crippen molar-refractivity contribution in [3.63, 3.8) is 0 Å². The number of hydrogen-bond acceptors (Lipinski definition) is 6. The molecular weight excluding hydrogens is 594 g/mol. The van der Waals surface area contributed by atoms with Gasteiger partial charge in [0.2, 0.25) is 11.8 Å². The topological polar surface area (TPSA) is 99.6 Å². The third kappa shape index (κ3) is 5.66. The first kappa shape index (κ1) is 32.7. The number of likely N-dealkylation sites (tertiary alicyclic amines) is 1. The number of amides is 3. The Morgan fingerprint density at radius 2 is 1.64 bits per heavy atom. The molecule has 2 unspecified atom stereocenters. The lowest BCUT2D eigenvalue weighted by Crippen LogP contribution is -2.59. The van der Waals surface area contributed by atoms with Gasteiger partial charge >= 0.3 is 0 Å². The van der Waals surface area contributed by atoms with Gasteiger partial charge in [-0.3, -0.25) is 14.4 Å². The monoisotopic (exact) mass is 635 g/mol. The van der Waals surface area contributed by atoms with E-state index in [0.29, 0.717) is 41.6 Å². The van der Waals surface area contributed by atoms with Crippen LogP contribution in [0.5, 0.6) is 5.75 Å². The Kier molecular flexibility index (Phi) is 9.72. The van der Waals surface area contributed by atoms with Crippen LogP contribution in [0.3, 0.4) is 0 Å². The Morgan fingerprint density at radius 1 is 1.07 bits per heavy atom. The van der Waals surface area contributed by atoms with Gasteiger partial charge in [-0.25, -0.2) is 0 Å². The maximum atomic E-state index is 14.7. The molecule has 45 heavy (non-hydrogen) atoms. The number of halogens is 1. The molecule has 3 heterocycles. The molecule has 9 nitrogen and oxygen atoms in total. The van der Waals surface area contributed by atoms with E-state index in [0.717, 1.165) is 0 Å². The van der Waals surface area contributed by atoms with Crippen molar-refractivity contribution in [2.75, 3.05) is 36.1 Å². The molecule has 0 aliphatic carbocycles. The molecule has 5 rings (SSSR count). The van der Waals surface area contributed by atoms with Crippen molar-refractivity contribution in [1.82, 2.24) is 4.90 Å². The number of aliphatic hydroxyl groups excluding tert-OH is 1. The average Bonchev–Trinajstić information content (AvgIpc) is 3.67. The first-order valence-corrected chi connectivity index (χ1v) is 15.9. The van der Waals surface area contributed by atoms with Crippen LogP contribution >= 0.6 is 11.6 Å². The van der Waals surface area contributed by atoms with Gasteiger partial charge in [-0.1, -0.05) is 37.6 Å². The molecule has 0 saturated carbocycles. The highest BCUT2D eigenvalue weighted by Crippen LogP contribution is 2.59. The maximum Gasteiger partial charge on any atom is 0.253 e. The quantitative estimate of drug-likeness (QED) is 0.316. The van der Waals surface area contributed by atoms with Gasteiger partial charge in [0.05, 0.1) is 37.2 Å². The summed E-state index contributed by atoms with van der Waals surface area (Å²) < 4.78 is 12.3. The minimum atomic E-state index is -1.23. The van der Waals surface area contributed by atoms with Gasteiger partial charge in [-0.15, -0.1) is 13.2 Å². The first-order valence-electron chi connectivity index (χ1n) is 15.6. The van der Waals surface area contributed by atoms with Crippen LogP contribution in [0.1, 0.15) is 33.6 Å². The number of anilines is 2. The van der Waals surface area contributed by atoms with E-state index in [1.54, 1.807) is 58.4 Å². The van der Waals surface area contributed by atoms with Crippen LogP contribution in [0.4, 0.5) is 11.4 Å². The third-order valence-electron chi connectivity index (χ3n) is 9.32. The summed E-state index contributed by atoms with van der Waals surface area (Å²) in [7, 11) is 0. The second-order valence-corrected chi connectivity index (χ2v) is 12.6. The van der Waals surface area contributed by atoms with E-state index < -0.39 is 35.6 Å². The lowest BCUT2D eigenvalue weighted by Gasteiger charge is -2.40. The Balaban J connectivity index is 1.57. The number of hydrogen-bond donors (Lipinski definition) is 1. The molecule has 10 heteroatoms. The smallest absolute Gasteiger partial charge is 0.253 e. The normalized spacial score (nSPS) is 25.6. The van der Waals surface area contributed by atoms with Crippen LogP contribution < -0.4 is 14.5 Å². The number of fused-ring (bicyclic) bond motifs is 1. The summed E-state index contributed by atoms with van der Waals surface area (Å²) in [6.07, 6.45) is 3.70. The first-order chi connectivity index (χ1) is 21.6. The lowest BCUT2D eigenvalue weighted by molar-refractivity contribution is -0.145. The summed E-state index contributed by atoms with van der Waals surface area (Å²) >= 11 is 6.15. The standard InChI is InChI=1S/C35H42ClN3O6/c1-6-19-37(25-13-15-26(16-14-25)44-8-3)32(41)29-28-17-18-35(45-28)30(29)33(42)39(27(21-40)22(4)5)31(35)34(43)38(20-7-2)24-11-9-23(36)10-12-24/h6-7,9-16,22,27-31,40H,1-2,8,17-21H2,3-5H3/t27-,28-,29+,30-,31?,35?/m0/s1. The molecular formula is C35H42ClN3O6. The molecule has 3 aliphatic rings. The molecule has 1 N–H and O–H groups in total. The SMILES string of the molecule is C=CCN(C(=O)C1N([C@@H](CO)C(C)C)C(=O)[C@@H]2[C@H](C(=O)N(CC=C)c3ccc(OCC)cc3)[C@@H]3CCC12O3)c1ccc(Cl)cc1. The van der Waals surface area contributed by atoms with Gasteiger partial charge < -0.3 is 29.3 Å². The molecule has 2 aromatic carbocycles. The van der Waals surface area contributed by atoms with Gasteiger partial charge in [-0.2, -0.15) is 0 Å². The van der Waals surface area contributed by atoms with Gasteiger partial charge in [-0.05, 0) is 74.2 Å². The van der Waals surface area contributed by atoms with Gasteiger partial charge in [0.1, 0.15) is 17.4 Å².